The van der Waals surface area contributed by atoms with Gasteiger partial charge in [0.05, 0.1) is 21.4 Å². The summed E-state index contributed by atoms with van der Waals surface area (Å²) in [5.41, 5.74) is 0.346. The number of carbonyl (C=O) groups excluding carboxylic acids is 1. The van der Waals surface area contributed by atoms with Gasteiger partial charge in [-0.25, -0.2) is 0 Å². The maximum Gasteiger partial charge on any atom is 0.294 e. The Morgan fingerprint density at radius 1 is 0.964 bits per heavy atom. The van der Waals surface area contributed by atoms with Crippen molar-refractivity contribution in [3.8, 4) is 11.5 Å². The molecule has 142 valence electrons. The molecule has 0 saturated carbocycles. The summed E-state index contributed by atoms with van der Waals surface area (Å²) in [6.07, 6.45) is 0.00336. The third kappa shape index (κ3) is 5.00. The third-order valence-electron chi connectivity index (χ3n) is 3.75. The molecule has 28 heavy (non-hydrogen) atoms. The van der Waals surface area contributed by atoms with Gasteiger partial charge in [-0.15, -0.1) is 0 Å². The van der Waals surface area contributed by atoms with Crippen molar-refractivity contribution in [1.82, 2.24) is 0 Å². The standard InChI is InChI=1S/C20H14Cl2N2O4/c21-16-11-18(19(24(26)27)12-17(16)22)23-20(25)10-13-5-4-8-15(9-13)28-14-6-2-1-3-7-14/h1-9,11-12H,10H2,(H,23,25). The molecule has 0 aliphatic carbocycles. The first kappa shape index (κ1) is 19.7. The number of nitro benzene ring substituents is 1. The number of hydrogen-bond acceptors (Lipinski definition) is 4. The van der Waals surface area contributed by atoms with Crippen LogP contribution in [0, 0.1) is 10.1 Å². The molecular formula is C20H14Cl2N2O4. The van der Waals surface area contributed by atoms with Crippen molar-refractivity contribution in [3.63, 3.8) is 0 Å². The van der Waals surface area contributed by atoms with Crippen LogP contribution < -0.4 is 10.1 Å². The normalized spacial score (nSPS) is 10.4. The number of hydrogen-bond donors (Lipinski definition) is 1. The second-order valence-corrected chi connectivity index (χ2v) is 6.64. The molecule has 0 radical (unpaired) electrons. The lowest BCUT2D eigenvalue weighted by atomic mass is 10.1. The fraction of sp³-hybridized carbons (Fsp3) is 0.0500. The zero-order valence-corrected chi connectivity index (χ0v) is 15.9. The maximum absolute atomic E-state index is 12.4. The minimum absolute atomic E-state index is 0.00336. The Morgan fingerprint density at radius 3 is 2.36 bits per heavy atom. The Morgan fingerprint density at radius 2 is 1.64 bits per heavy atom. The number of anilines is 1. The number of amides is 1. The highest BCUT2D eigenvalue weighted by Gasteiger charge is 2.19. The number of rotatable bonds is 6. The summed E-state index contributed by atoms with van der Waals surface area (Å²) in [6, 6.07) is 18.6. The number of carbonyl (C=O) groups is 1. The molecule has 6 nitrogen and oxygen atoms in total. The topological polar surface area (TPSA) is 81.5 Å². The smallest absolute Gasteiger partial charge is 0.294 e. The lowest BCUT2D eigenvalue weighted by Crippen LogP contribution is -2.15. The van der Waals surface area contributed by atoms with E-state index in [4.69, 9.17) is 27.9 Å². The van der Waals surface area contributed by atoms with Gasteiger partial charge in [0.15, 0.2) is 0 Å². The van der Waals surface area contributed by atoms with Crippen molar-refractivity contribution in [2.75, 3.05) is 5.32 Å². The number of nitro groups is 1. The number of halogens is 2. The molecule has 0 aliphatic heterocycles. The van der Waals surface area contributed by atoms with Crippen molar-refractivity contribution in [3.05, 3.63) is 92.5 Å². The van der Waals surface area contributed by atoms with E-state index in [1.807, 2.05) is 30.3 Å². The molecule has 3 aromatic rings. The van der Waals surface area contributed by atoms with Gasteiger partial charge in [-0.05, 0) is 35.9 Å². The molecule has 0 aromatic heterocycles. The highest BCUT2D eigenvalue weighted by atomic mass is 35.5. The molecule has 0 unspecified atom stereocenters. The van der Waals surface area contributed by atoms with Crippen LogP contribution in [0.15, 0.2) is 66.7 Å². The van der Waals surface area contributed by atoms with E-state index in [2.05, 4.69) is 5.32 Å². The molecule has 8 heteroatoms. The minimum atomic E-state index is -0.633. The predicted octanol–water partition coefficient (Wildman–Crippen LogP) is 5.88. The summed E-state index contributed by atoms with van der Waals surface area (Å²) >= 11 is 11.7. The van der Waals surface area contributed by atoms with Crippen molar-refractivity contribution in [2.45, 2.75) is 6.42 Å². The van der Waals surface area contributed by atoms with Gasteiger partial charge in [-0.2, -0.15) is 0 Å². The van der Waals surface area contributed by atoms with Crippen LogP contribution in [0.2, 0.25) is 10.0 Å². The van der Waals surface area contributed by atoms with E-state index in [1.165, 1.54) is 6.07 Å². The number of nitrogens with one attached hydrogen (secondary N) is 1. The first-order chi connectivity index (χ1) is 13.4. The van der Waals surface area contributed by atoms with Gasteiger partial charge >= 0.3 is 0 Å². The van der Waals surface area contributed by atoms with Gasteiger partial charge in [-0.3, -0.25) is 14.9 Å². The Kier molecular flexibility index (Phi) is 6.13. The first-order valence-corrected chi connectivity index (χ1v) is 8.93. The second kappa shape index (κ2) is 8.73. The van der Waals surface area contributed by atoms with Crippen LogP contribution in [0.5, 0.6) is 11.5 Å². The molecule has 3 rings (SSSR count). The quantitative estimate of drug-likeness (QED) is 0.402. The summed E-state index contributed by atoms with van der Waals surface area (Å²) in [7, 11) is 0. The van der Waals surface area contributed by atoms with Crippen molar-refractivity contribution >= 4 is 40.5 Å². The average Bonchev–Trinajstić information content (AvgIpc) is 2.65. The average molecular weight is 417 g/mol. The molecule has 1 amide bonds. The maximum atomic E-state index is 12.4. The molecule has 0 saturated heterocycles. The molecule has 0 fully saturated rings. The fourth-order valence-corrected chi connectivity index (χ4v) is 2.83. The van der Waals surface area contributed by atoms with Gasteiger partial charge in [0.25, 0.3) is 5.69 Å². The van der Waals surface area contributed by atoms with Crippen LogP contribution in [0.1, 0.15) is 5.56 Å². The van der Waals surface area contributed by atoms with E-state index in [9.17, 15) is 14.9 Å². The number of benzene rings is 3. The minimum Gasteiger partial charge on any atom is -0.457 e. The van der Waals surface area contributed by atoms with Crippen LogP contribution in [0.4, 0.5) is 11.4 Å². The van der Waals surface area contributed by atoms with E-state index in [0.717, 1.165) is 6.07 Å². The van der Waals surface area contributed by atoms with E-state index in [0.29, 0.717) is 17.1 Å². The molecular weight excluding hydrogens is 403 g/mol. The number of ether oxygens (including phenoxy) is 1. The van der Waals surface area contributed by atoms with Gasteiger partial charge in [0.1, 0.15) is 17.2 Å². The molecule has 3 aromatic carbocycles. The predicted molar refractivity (Wildman–Crippen MR) is 108 cm³/mol. The van der Waals surface area contributed by atoms with Crippen LogP contribution in [0.3, 0.4) is 0 Å². The Labute approximate surface area is 170 Å². The van der Waals surface area contributed by atoms with Crippen LogP contribution >= 0.6 is 23.2 Å². The first-order valence-electron chi connectivity index (χ1n) is 8.17. The second-order valence-electron chi connectivity index (χ2n) is 5.83. The Bertz CT molecular complexity index is 1030. The molecule has 0 atom stereocenters. The van der Waals surface area contributed by atoms with E-state index < -0.39 is 10.8 Å². The fourth-order valence-electron chi connectivity index (χ4n) is 2.51. The highest BCUT2D eigenvalue weighted by molar-refractivity contribution is 6.42. The number of nitrogens with zero attached hydrogens (tertiary/aromatic N) is 1. The highest BCUT2D eigenvalue weighted by Crippen LogP contribution is 2.34. The van der Waals surface area contributed by atoms with Gasteiger partial charge in [-0.1, -0.05) is 53.5 Å². The van der Waals surface area contributed by atoms with E-state index >= 15 is 0 Å². The molecule has 0 spiro atoms. The summed E-state index contributed by atoms with van der Waals surface area (Å²) in [5.74, 6) is 0.825. The molecule has 0 heterocycles. The van der Waals surface area contributed by atoms with Crippen molar-refractivity contribution < 1.29 is 14.5 Å². The lowest BCUT2D eigenvalue weighted by molar-refractivity contribution is -0.383. The van der Waals surface area contributed by atoms with Gasteiger partial charge < -0.3 is 10.1 Å². The Hall–Kier alpha value is -3.09. The van der Waals surface area contributed by atoms with Crippen LogP contribution in [-0.4, -0.2) is 10.8 Å². The van der Waals surface area contributed by atoms with Gasteiger partial charge in [0, 0.05) is 6.07 Å². The lowest BCUT2D eigenvalue weighted by Gasteiger charge is -2.09. The monoisotopic (exact) mass is 416 g/mol. The van der Waals surface area contributed by atoms with Crippen LogP contribution in [-0.2, 0) is 11.2 Å². The summed E-state index contributed by atoms with van der Waals surface area (Å²) in [5, 5.41) is 13.8. The zero-order chi connectivity index (χ0) is 20.1. The molecule has 0 bridgehead atoms. The summed E-state index contributed by atoms with van der Waals surface area (Å²) in [4.78, 5) is 22.9. The Balaban J connectivity index is 1.73. The third-order valence-corrected chi connectivity index (χ3v) is 4.47. The van der Waals surface area contributed by atoms with E-state index in [-0.39, 0.29) is 27.8 Å². The van der Waals surface area contributed by atoms with Gasteiger partial charge in [0.2, 0.25) is 5.91 Å². The molecule has 1 N–H and O–H groups in total. The van der Waals surface area contributed by atoms with Crippen molar-refractivity contribution in [2.24, 2.45) is 0 Å². The molecule has 0 aliphatic rings. The summed E-state index contributed by atoms with van der Waals surface area (Å²) < 4.78 is 5.75. The summed E-state index contributed by atoms with van der Waals surface area (Å²) in [6.45, 7) is 0. The van der Waals surface area contributed by atoms with Crippen molar-refractivity contribution in [1.29, 1.82) is 0 Å². The van der Waals surface area contributed by atoms with Crippen LogP contribution in [0.25, 0.3) is 0 Å². The van der Waals surface area contributed by atoms with E-state index in [1.54, 1.807) is 24.3 Å². The zero-order valence-electron chi connectivity index (χ0n) is 14.4. The SMILES string of the molecule is O=C(Cc1cccc(Oc2ccccc2)c1)Nc1cc(Cl)c(Cl)cc1[N+](=O)[O-]. The number of para-hydroxylation sites is 1. The largest absolute Gasteiger partial charge is 0.457 e.